The van der Waals surface area contributed by atoms with Gasteiger partial charge < -0.3 is 15.7 Å². The van der Waals surface area contributed by atoms with Crippen LogP contribution >= 0.6 is 11.6 Å². The zero-order chi connectivity index (χ0) is 14.5. The highest BCUT2D eigenvalue weighted by Gasteiger charge is 2.18. The maximum Gasteiger partial charge on any atom is 0.339 e. The number of carboxylic acids is 1. The monoisotopic (exact) mass is 297 g/mol. The molecule has 1 aliphatic rings. The van der Waals surface area contributed by atoms with Crippen LogP contribution in [0.2, 0.25) is 5.02 Å². The fourth-order valence-electron chi connectivity index (χ4n) is 2.11. The Balaban J connectivity index is 2.04. The molecule has 0 aromatic heterocycles. The van der Waals surface area contributed by atoms with Crippen molar-refractivity contribution in [3.05, 3.63) is 28.8 Å². The molecule has 6 nitrogen and oxygen atoms in total. The van der Waals surface area contributed by atoms with Crippen molar-refractivity contribution in [2.24, 2.45) is 0 Å². The molecular formula is C13H16ClN3O3. The molecule has 7 heteroatoms. The van der Waals surface area contributed by atoms with E-state index in [1.807, 2.05) is 4.90 Å². The molecule has 0 bridgehead atoms. The number of hydrogen-bond donors (Lipinski definition) is 3. The van der Waals surface area contributed by atoms with Gasteiger partial charge in [-0.25, -0.2) is 4.79 Å². The maximum absolute atomic E-state index is 12.0. The lowest BCUT2D eigenvalue weighted by molar-refractivity contribution is -0.117. The van der Waals surface area contributed by atoms with E-state index in [0.717, 1.165) is 26.2 Å². The summed E-state index contributed by atoms with van der Waals surface area (Å²) in [5.74, 6) is -1.40. The van der Waals surface area contributed by atoms with Gasteiger partial charge >= 0.3 is 5.97 Å². The lowest BCUT2D eigenvalue weighted by Crippen LogP contribution is -2.46. The second kappa shape index (κ2) is 6.69. The van der Waals surface area contributed by atoms with E-state index in [-0.39, 0.29) is 28.7 Å². The van der Waals surface area contributed by atoms with Gasteiger partial charge in [-0.2, -0.15) is 0 Å². The molecule has 0 saturated carbocycles. The number of nitrogens with one attached hydrogen (secondary N) is 2. The summed E-state index contributed by atoms with van der Waals surface area (Å²) in [5.41, 5.74) is 0.146. The third kappa shape index (κ3) is 3.69. The predicted molar refractivity (Wildman–Crippen MR) is 76.4 cm³/mol. The number of aromatic carboxylic acids is 1. The molecule has 108 valence electrons. The number of carbonyl (C=O) groups is 2. The van der Waals surface area contributed by atoms with Crippen LogP contribution in [0.1, 0.15) is 10.4 Å². The fraction of sp³-hybridized carbons (Fsp3) is 0.385. The summed E-state index contributed by atoms with van der Waals surface area (Å²) in [6.07, 6.45) is 0. The van der Waals surface area contributed by atoms with Crippen LogP contribution in [-0.4, -0.2) is 54.6 Å². The van der Waals surface area contributed by atoms with E-state index in [1.54, 1.807) is 6.07 Å². The third-order valence-corrected chi connectivity index (χ3v) is 3.39. The highest BCUT2D eigenvalue weighted by Crippen LogP contribution is 2.24. The van der Waals surface area contributed by atoms with E-state index in [1.165, 1.54) is 12.1 Å². The minimum Gasteiger partial charge on any atom is -0.478 e. The molecule has 1 fully saturated rings. The first-order valence-electron chi connectivity index (χ1n) is 6.32. The second-order valence-corrected chi connectivity index (χ2v) is 4.95. The minimum atomic E-state index is -1.16. The molecule has 1 saturated heterocycles. The molecule has 3 N–H and O–H groups in total. The standard InChI is InChI=1S/C13H16ClN3O3/c14-9-2-1-3-10(12(9)13(19)20)16-11(18)8-17-6-4-15-5-7-17/h1-3,15H,4-8H2,(H,16,18)(H,19,20). The molecule has 1 aromatic carbocycles. The number of anilines is 1. The molecule has 1 aliphatic heterocycles. The van der Waals surface area contributed by atoms with Gasteiger partial charge in [-0.05, 0) is 12.1 Å². The normalized spacial score (nSPS) is 15.8. The summed E-state index contributed by atoms with van der Waals surface area (Å²) in [6.45, 7) is 3.55. The van der Waals surface area contributed by atoms with Crippen LogP contribution in [0.25, 0.3) is 0 Å². The molecule has 1 heterocycles. The van der Waals surface area contributed by atoms with Crippen molar-refractivity contribution in [3.8, 4) is 0 Å². The highest BCUT2D eigenvalue weighted by molar-refractivity contribution is 6.34. The van der Waals surface area contributed by atoms with Crippen molar-refractivity contribution < 1.29 is 14.7 Å². The van der Waals surface area contributed by atoms with E-state index in [2.05, 4.69) is 10.6 Å². The van der Waals surface area contributed by atoms with Crippen molar-refractivity contribution in [1.29, 1.82) is 0 Å². The van der Waals surface area contributed by atoms with E-state index >= 15 is 0 Å². The Morgan fingerprint density at radius 3 is 2.70 bits per heavy atom. The van der Waals surface area contributed by atoms with Gasteiger partial charge in [0.1, 0.15) is 5.56 Å². The quantitative estimate of drug-likeness (QED) is 0.769. The largest absolute Gasteiger partial charge is 0.478 e. The Morgan fingerprint density at radius 2 is 2.05 bits per heavy atom. The zero-order valence-corrected chi connectivity index (χ0v) is 11.6. The number of hydrogen-bond acceptors (Lipinski definition) is 4. The molecule has 2 rings (SSSR count). The Hall–Kier alpha value is -1.63. The van der Waals surface area contributed by atoms with E-state index in [4.69, 9.17) is 16.7 Å². The zero-order valence-electron chi connectivity index (χ0n) is 10.9. The first-order chi connectivity index (χ1) is 9.58. The SMILES string of the molecule is O=C(CN1CCNCC1)Nc1cccc(Cl)c1C(=O)O. The summed E-state index contributed by atoms with van der Waals surface area (Å²) in [5, 5.41) is 15.0. The minimum absolute atomic E-state index is 0.0807. The van der Waals surface area contributed by atoms with Gasteiger partial charge in [-0.15, -0.1) is 0 Å². The molecule has 1 amide bonds. The Morgan fingerprint density at radius 1 is 1.35 bits per heavy atom. The molecule has 0 radical (unpaired) electrons. The van der Waals surface area contributed by atoms with Crippen LogP contribution in [0.3, 0.4) is 0 Å². The van der Waals surface area contributed by atoms with Crippen LogP contribution < -0.4 is 10.6 Å². The first kappa shape index (κ1) is 14.8. The molecule has 0 aliphatic carbocycles. The number of rotatable bonds is 4. The van der Waals surface area contributed by atoms with Crippen LogP contribution in [0.5, 0.6) is 0 Å². The van der Waals surface area contributed by atoms with E-state index < -0.39 is 5.97 Å². The van der Waals surface area contributed by atoms with Gasteiger partial charge in [0.2, 0.25) is 5.91 Å². The summed E-state index contributed by atoms with van der Waals surface area (Å²) in [6, 6.07) is 4.62. The number of benzene rings is 1. The van der Waals surface area contributed by atoms with Crippen molar-refractivity contribution in [2.45, 2.75) is 0 Å². The average Bonchev–Trinajstić information content (AvgIpc) is 2.39. The summed E-state index contributed by atoms with van der Waals surface area (Å²) in [4.78, 5) is 25.1. The van der Waals surface area contributed by atoms with Gasteiger partial charge in [-0.3, -0.25) is 9.69 Å². The second-order valence-electron chi connectivity index (χ2n) is 4.54. The van der Waals surface area contributed by atoms with E-state index in [0.29, 0.717) is 0 Å². The summed E-state index contributed by atoms with van der Waals surface area (Å²) in [7, 11) is 0. The Bertz CT molecular complexity index is 516. The predicted octanol–water partition coefficient (Wildman–Crippen LogP) is 0.882. The molecular weight excluding hydrogens is 282 g/mol. The van der Waals surface area contributed by atoms with Gasteiger partial charge in [-0.1, -0.05) is 17.7 Å². The van der Waals surface area contributed by atoms with Gasteiger partial charge in [0.15, 0.2) is 0 Å². The number of nitrogens with zero attached hydrogens (tertiary/aromatic N) is 1. The number of amides is 1. The maximum atomic E-state index is 12.0. The molecule has 0 spiro atoms. The Labute approximate surface area is 121 Å². The van der Waals surface area contributed by atoms with Gasteiger partial charge in [0, 0.05) is 26.2 Å². The van der Waals surface area contributed by atoms with Crippen molar-refractivity contribution in [2.75, 3.05) is 38.0 Å². The topological polar surface area (TPSA) is 81.7 Å². The molecule has 0 unspecified atom stereocenters. The lowest BCUT2D eigenvalue weighted by atomic mass is 10.1. The van der Waals surface area contributed by atoms with Crippen molar-refractivity contribution in [1.82, 2.24) is 10.2 Å². The number of piperazine rings is 1. The van der Waals surface area contributed by atoms with Crippen LogP contribution in [0.4, 0.5) is 5.69 Å². The molecule has 20 heavy (non-hydrogen) atoms. The molecule has 0 atom stereocenters. The average molecular weight is 298 g/mol. The summed E-state index contributed by atoms with van der Waals surface area (Å²) >= 11 is 5.85. The smallest absolute Gasteiger partial charge is 0.339 e. The molecule has 1 aromatic rings. The lowest BCUT2D eigenvalue weighted by Gasteiger charge is -2.26. The summed E-state index contributed by atoms with van der Waals surface area (Å²) < 4.78 is 0. The Kier molecular flexibility index (Phi) is 4.94. The fourth-order valence-corrected chi connectivity index (χ4v) is 2.36. The number of halogens is 1. The van der Waals surface area contributed by atoms with Crippen molar-refractivity contribution >= 4 is 29.2 Å². The number of carbonyl (C=O) groups excluding carboxylic acids is 1. The van der Waals surface area contributed by atoms with Crippen LogP contribution in [0, 0.1) is 0 Å². The van der Waals surface area contributed by atoms with Crippen LogP contribution in [0.15, 0.2) is 18.2 Å². The van der Waals surface area contributed by atoms with Crippen molar-refractivity contribution in [3.63, 3.8) is 0 Å². The van der Waals surface area contributed by atoms with E-state index in [9.17, 15) is 9.59 Å². The highest BCUT2D eigenvalue weighted by atomic mass is 35.5. The van der Waals surface area contributed by atoms with Crippen LogP contribution in [-0.2, 0) is 4.79 Å². The first-order valence-corrected chi connectivity index (χ1v) is 6.70. The number of carboxylic acid groups (broad SMARTS) is 1. The van der Waals surface area contributed by atoms with Gasteiger partial charge in [0.25, 0.3) is 0 Å². The van der Waals surface area contributed by atoms with Gasteiger partial charge in [0.05, 0.1) is 17.3 Å². The third-order valence-electron chi connectivity index (χ3n) is 3.08.